The zero-order valence-corrected chi connectivity index (χ0v) is 18.0. The number of aromatic nitrogens is 1. The Morgan fingerprint density at radius 2 is 1.93 bits per heavy atom. The van der Waals surface area contributed by atoms with Crippen molar-refractivity contribution in [2.45, 2.75) is 13.3 Å². The normalized spacial score (nSPS) is 20.6. The van der Waals surface area contributed by atoms with Gasteiger partial charge >= 0.3 is 0 Å². The van der Waals surface area contributed by atoms with Crippen molar-refractivity contribution in [3.63, 3.8) is 0 Å². The van der Waals surface area contributed by atoms with Crippen LogP contribution in [0.25, 0.3) is 10.2 Å². The molecule has 0 unspecified atom stereocenters. The fraction of sp³-hybridized carbons (Fsp3) is 0.391. The Labute approximate surface area is 180 Å². The van der Waals surface area contributed by atoms with Crippen LogP contribution < -0.4 is 21.3 Å². The maximum atomic E-state index is 12.6. The minimum absolute atomic E-state index is 0.123. The quantitative estimate of drug-likeness (QED) is 0.590. The lowest BCUT2D eigenvalue weighted by molar-refractivity contribution is 0.0959. The summed E-state index contributed by atoms with van der Waals surface area (Å²) < 4.78 is 0. The number of carbonyl (C=O) groups is 1. The standard InChI is InChI=1S/C23H27N5OS/c1-14-2-7-19-20(24)21(30-23(19)27-14)22(29)26-9-8-15-3-5-18(6-4-15)28-12-16-10-25-11-17(16)13-28/h2-7,16-17,25H,8-13,24H2,1H3,(H,26,29)/t16-,17+. The summed E-state index contributed by atoms with van der Waals surface area (Å²) in [5, 5.41) is 7.35. The van der Waals surface area contributed by atoms with Gasteiger partial charge in [0.05, 0.1) is 5.69 Å². The van der Waals surface area contributed by atoms with Crippen LogP contribution in [0.3, 0.4) is 0 Å². The summed E-state index contributed by atoms with van der Waals surface area (Å²) in [6, 6.07) is 12.6. The average molecular weight is 422 g/mol. The van der Waals surface area contributed by atoms with E-state index in [2.05, 4.69) is 44.8 Å². The molecule has 1 aromatic carbocycles. The molecule has 0 saturated carbocycles. The number of nitrogens with two attached hydrogens (primary N) is 1. The third kappa shape index (κ3) is 3.63. The molecular formula is C23H27N5OS. The Bertz CT molecular complexity index is 1070. The fourth-order valence-corrected chi connectivity index (χ4v) is 5.65. The molecule has 156 valence electrons. The number of nitrogen functional groups attached to an aromatic ring is 1. The number of pyridine rings is 1. The van der Waals surface area contributed by atoms with E-state index >= 15 is 0 Å². The zero-order chi connectivity index (χ0) is 20.7. The first-order valence-corrected chi connectivity index (χ1v) is 11.4. The highest BCUT2D eigenvalue weighted by Crippen LogP contribution is 2.32. The third-order valence-electron chi connectivity index (χ3n) is 6.33. The van der Waals surface area contributed by atoms with Gasteiger partial charge in [-0.15, -0.1) is 11.3 Å². The highest BCUT2D eigenvalue weighted by atomic mass is 32.1. The van der Waals surface area contributed by atoms with Crippen LogP contribution in [0.4, 0.5) is 11.4 Å². The van der Waals surface area contributed by atoms with Crippen molar-refractivity contribution in [1.29, 1.82) is 0 Å². The van der Waals surface area contributed by atoms with E-state index in [0.717, 1.165) is 60.3 Å². The van der Waals surface area contributed by atoms with E-state index in [1.807, 2.05) is 19.1 Å². The van der Waals surface area contributed by atoms with Gasteiger partial charge in [0, 0.05) is 49.5 Å². The monoisotopic (exact) mass is 421 g/mol. The minimum atomic E-state index is -0.123. The maximum Gasteiger partial charge on any atom is 0.263 e. The zero-order valence-electron chi connectivity index (χ0n) is 17.1. The second kappa shape index (κ2) is 7.89. The van der Waals surface area contributed by atoms with Gasteiger partial charge in [0.1, 0.15) is 9.71 Å². The molecule has 5 rings (SSSR count). The number of anilines is 2. The number of hydrogen-bond donors (Lipinski definition) is 3. The fourth-order valence-electron chi connectivity index (χ4n) is 4.60. The number of aryl methyl sites for hydroxylation is 1. The van der Waals surface area contributed by atoms with E-state index in [1.54, 1.807) is 0 Å². The molecule has 7 heteroatoms. The number of benzene rings is 1. The predicted molar refractivity (Wildman–Crippen MR) is 123 cm³/mol. The summed E-state index contributed by atoms with van der Waals surface area (Å²) in [5.41, 5.74) is 10.2. The summed E-state index contributed by atoms with van der Waals surface area (Å²) in [7, 11) is 0. The smallest absolute Gasteiger partial charge is 0.263 e. The molecule has 2 aliphatic rings. The van der Waals surface area contributed by atoms with Gasteiger partial charge in [-0.3, -0.25) is 4.79 Å². The second-order valence-electron chi connectivity index (χ2n) is 8.41. The average Bonchev–Trinajstić information content (AvgIpc) is 3.42. The molecule has 2 saturated heterocycles. The highest BCUT2D eigenvalue weighted by molar-refractivity contribution is 7.21. The van der Waals surface area contributed by atoms with E-state index < -0.39 is 0 Å². The molecule has 2 aliphatic heterocycles. The summed E-state index contributed by atoms with van der Waals surface area (Å²) in [4.78, 5) is 21.0. The first-order chi connectivity index (χ1) is 14.6. The first kappa shape index (κ1) is 19.3. The largest absolute Gasteiger partial charge is 0.397 e. The molecule has 0 spiro atoms. The molecule has 0 aliphatic carbocycles. The number of carbonyl (C=O) groups excluding carboxylic acids is 1. The second-order valence-corrected chi connectivity index (χ2v) is 9.41. The van der Waals surface area contributed by atoms with Crippen molar-refractivity contribution >= 4 is 38.8 Å². The van der Waals surface area contributed by atoms with Crippen molar-refractivity contribution < 1.29 is 4.79 Å². The predicted octanol–water partition coefficient (Wildman–Crippen LogP) is 2.82. The Balaban J connectivity index is 1.17. The Hall–Kier alpha value is -2.64. The SMILES string of the molecule is Cc1ccc2c(N)c(C(=O)NCCc3ccc(N4C[C@H]5CNC[C@H]5C4)cc3)sc2n1. The van der Waals surface area contributed by atoms with E-state index in [0.29, 0.717) is 17.1 Å². The van der Waals surface area contributed by atoms with Gasteiger partial charge in [0.15, 0.2) is 0 Å². The Kier molecular flexibility index (Phi) is 5.08. The number of fused-ring (bicyclic) bond motifs is 2. The third-order valence-corrected chi connectivity index (χ3v) is 7.44. The van der Waals surface area contributed by atoms with Gasteiger partial charge in [-0.2, -0.15) is 0 Å². The summed E-state index contributed by atoms with van der Waals surface area (Å²) in [6.07, 6.45) is 0.795. The van der Waals surface area contributed by atoms with Crippen molar-refractivity contribution in [2.24, 2.45) is 11.8 Å². The van der Waals surface area contributed by atoms with Crippen LogP contribution in [-0.2, 0) is 6.42 Å². The lowest BCUT2D eigenvalue weighted by Gasteiger charge is -2.20. The van der Waals surface area contributed by atoms with Crippen molar-refractivity contribution in [3.8, 4) is 0 Å². The Morgan fingerprint density at radius 3 is 2.67 bits per heavy atom. The number of amides is 1. The van der Waals surface area contributed by atoms with Crippen LogP contribution in [0.15, 0.2) is 36.4 Å². The molecule has 3 aromatic rings. The summed E-state index contributed by atoms with van der Waals surface area (Å²) >= 11 is 1.36. The van der Waals surface area contributed by atoms with Crippen LogP contribution in [0.5, 0.6) is 0 Å². The minimum Gasteiger partial charge on any atom is -0.397 e. The van der Waals surface area contributed by atoms with Crippen molar-refractivity contribution in [2.75, 3.05) is 43.4 Å². The molecule has 1 amide bonds. The van der Waals surface area contributed by atoms with Gasteiger partial charge in [0.25, 0.3) is 5.91 Å². The van der Waals surface area contributed by atoms with Crippen molar-refractivity contribution in [1.82, 2.24) is 15.6 Å². The summed E-state index contributed by atoms with van der Waals surface area (Å²) in [5.74, 6) is 1.46. The maximum absolute atomic E-state index is 12.6. The van der Waals surface area contributed by atoms with E-state index in [1.165, 1.54) is 22.6 Å². The van der Waals surface area contributed by atoms with Gasteiger partial charge in [-0.05, 0) is 55.0 Å². The lowest BCUT2D eigenvalue weighted by Crippen LogP contribution is -2.26. The number of thiophene rings is 1. The van der Waals surface area contributed by atoms with Gasteiger partial charge < -0.3 is 21.3 Å². The van der Waals surface area contributed by atoms with E-state index in [9.17, 15) is 4.79 Å². The van der Waals surface area contributed by atoms with Crippen LogP contribution >= 0.6 is 11.3 Å². The van der Waals surface area contributed by atoms with Crippen LogP contribution in [0, 0.1) is 18.8 Å². The molecule has 2 fully saturated rings. The molecule has 4 N–H and O–H groups in total. The molecule has 0 bridgehead atoms. The number of rotatable bonds is 5. The number of nitrogens with one attached hydrogen (secondary N) is 2. The molecular weight excluding hydrogens is 394 g/mol. The van der Waals surface area contributed by atoms with Gasteiger partial charge in [-0.1, -0.05) is 12.1 Å². The summed E-state index contributed by atoms with van der Waals surface area (Å²) in [6.45, 7) is 7.12. The van der Waals surface area contributed by atoms with E-state index in [-0.39, 0.29) is 5.91 Å². The van der Waals surface area contributed by atoms with Gasteiger partial charge in [0.2, 0.25) is 0 Å². The molecule has 2 aromatic heterocycles. The molecule has 0 radical (unpaired) electrons. The lowest BCUT2D eigenvalue weighted by atomic mass is 10.0. The van der Waals surface area contributed by atoms with Crippen LogP contribution in [0.1, 0.15) is 20.9 Å². The molecule has 2 atom stereocenters. The Morgan fingerprint density at radius 1 is 1.20 bits per heavy atom. The molecule has 4 heterocycles. The van der Waals surface area contributed by atoms with Crippen LogP contribution in [-0.4, -0.2) is 43.6 Å². The number of hydrogen-bond acceptors (Lipinski definition) is 6. The highest BCUT2D eigenvalue weighted by Gasteiger charge is 2.35. The van der Waals surface area contributed by atoms with Gasteiger partial charge in [-0.25, -0.2) is 4.98 Å². The first-order valence-electron chi connectivity index (χ1n) is 10.6. The molecule has 30 heavy (non-hydrogen) atoms. The van der Waals surface area contributed by atoms with Crippen LogP contribution in [0.2, 0.25) is 0 Å². The number of nitrogens with zero attached hydrogens (tertiary/aromatic N) is 2. The van der Waals surface area contributed by atoms with E-state index in [4.69, 9.17) is 5.73 Å². The topological polar surface area (TPSA) is 83.3 Å². The van der Waals surface area contributed by atoms with Crippen molar-refractivity contribution in [3.05, 3.63) is 52.5 Å². The molecule has 6 nitrogen and oxygen atoms in total.